The van der Waals surface area contributed by atoms with Crippen molar-refractivity contribution in [3.8, 4) is 0 Å². The lowest BCUT2D eigenvalue weighted by atomic mass is 9.76. The van der Waals surface area contributed by atoms with Gasteiger partial charge >= 0.3 is 5.97 Å². The summed E-state index contributed by atoms with van der Waals surface area (Å²) in [7, 11) is 2.94. The molecule has 0 spiro atoms. The Balaban J connectivity index is 2.62. The van der Waals surface area contributed by atoms with Gasteiger partial charge in [0.25, 0.3) is 0 Å². The lowest BCUT2D eigenvalue weighted by Gasteiger charge is -2.30. The van der Waals surface area contributed by atoms with Crippen LogP contribution in [0.5, 0.6) is 0 Å². The van der Waals surface area contributed by atoms with E-state index in [0.717, 1.165) is 12.8 Å². The van der Waals surface area contributed by atoms with Crippen LogP contribution in [0.4, 0.5) is 0 Å². The summed E-state index contributed by atoms with van der Waals surface area (Å²) in [4.78, 5) is 21.1. The van der Waals surface area contributed by atoms with Gasteiger partial charge in [-0.05, 0) is 24.2 Å². The molecule has 0 aromatic carbocycles. The highest BCUT2D eigenvalue weighted by molar-refractivity contribution is 5.73. The number of methoxy groups -OCH3 is 1. The lowest BCUT2D eigenvalue weighted by Crippen LogP contribution is -2.33. The molecule has 0 N–H and O–H groups in total. The molecule has 4 nitrogen and oxygen atoms in total. The van der Waals surface area contributed by atoms with Crippen LogP contribution in [0.2, 0.25) is 0 Å². The standard InChI is InChI=1S/C11H20O4/c1-11(2)8(7-15-14-4)5-6-9(11)10(12)13-3/h8-9H,5-7H2,1-4H3. The lowest BCUT2D eigenvalue weighted by molar-refractivity contribution is -0.283. The molecule has 0 heterocycles. The summed E-state index contributed by atoms with van der Waals surface area (Å²) < 4.78 is 4.81. The van der Waals surface area contributed by atoms with Crippen LogP contribution in [0, 0.1) is 17.3 Å². The first-order chi connectivity index (χ1) is 7.04. The Labute approximate surface area is 90.8 Å². The minimum absolute atomic E-state index is 0.0204. The van der Waals surface area contributed by atoms with Crippen LogP contribution in [0.1, 0.15) is 26.7 Å². The van der Waals surface area contributed by atoms with Crippen LogP contribution < -0.4 is 0 Å². The molecule has 4 heteroatoms. The first-order valence-corrected chi connectivity index (χ1v) is 5.27. The van der Waals surface area contributed by atoms with E-state index in [0.29, 0.717) is 12.5 Å². The molecule has 0 aliphatic heterocycles. The monoisotopic (exact) mass is 216 g/mol. The van der Waals surface area contributed by atoms with E-state index in [1.807, 2.05) is 0 Å². The third-order valence-electron chi connectivity index (χ3n) is 3.63. The summed E-state index contributed by atoms with van der Waals surface area (Å²) in [5, 5.41) is 0. The largest absolute Gasteiger partial charge is 0.469 e. The summed E-state index contributed by atoms with van der Waals surface area (Å²) in [6.07, 6.45) is 1.85. The fourth-order valence-electron chi connectivity index (χ4n) is 2.41. The summed E-state index contributed by atoms with van der Waals surface area (Å²) in [5.41, 5.74) is -0.0778. The first kappa shape index (κ1) is 12.5. The van der Waals surface area contributed by atoms with Gasteiger partial charge in [-0.1, -0.05) is 13.8 Å². The van der Waals surface area contributed by atoms with Gasteiger partial charge in [-0.25, -0.2) is 9.78 Å². The SMILES string of the molecule is COOCC1CCC(C(=O)OC)C1(C)C. The molecule has 15 heavy (non-hydrogen) atoms. The number of hydrogen-bond acceptors (Lipinski definition) is 4. The van der Waals surface area contributed by atoms with Crippen molar-refractivity contribution in [2.75, 3.05) is 20.8 Å². The van der Waals surface area contributed by atoms with Gasteiger partial charge in [-0.15, -0.1) is 0 Å². The summed E-state index contributed by atoms with van der Waals surface area (Å²) >= 11 is 0. The van der Waals surface area contributed by atoms with Crippen molar-refractivity contribution in [2.24, 2.45) is 17.3 Å². The van der Waals surface area contributed by atoms with E-state index in [1.165, 1.54) is 14.2 Å². The molecular formula is C11H20O4. The number of esters is 1. The van der Waals surface area contributed by atoms with Crippen molar-refractivity contribution in [1.29, 1.82) is 0 Å². The quantitative estimate of drug-likeness (QED) is 0.408. The maximum atomic E-state index is 11.6. The van der Waals surface area contributed by atoms with E-state index in [9.17, 15) is 4.79 Å². The second kappa shape index (κ2) is 4.94. The van der Waals surface area contributed by atoms with E-state index in [-0.39, 0.29) is 17.3 Å². The predicted molar refractivity (Wildman–Crippen MR) is 55.0 cm³/mol. The molecule has 0 aromatic rings. The van der Waals surface area contributed by atoms with Crippen LogP contribution in [-0.4, -0.2) is 26.8 Å². The highest BCUT2D eigenvalue weighted by Crippen LogP contribution is 2.47. The number of hydrogen-bond donors (Lipinski definition) is 0. The smallest absolute Gasteiger partial charge is 0.309 e. The van der Waals surface area contributed by atoms with E-state index in [4.69, 9.17) is 9.62 Å². The van der Waals surface area contributed by atoms with Gasteiger partial charge in [0.1, 0.15) is 0 Å². The molecule has 1 aliphatic rings. The average molecular weight is 216 g/mol. The molecule has 0 amide bonds. The molecule has 0 aromatic heterocycles. The maximum Gasteiger partial charge on any atom is 0.309 e. The van der Waals surface area contributed by atoms with Gasteiger partial charge in [-0.3, -0.25) is 4.79 Å². The highest BCUT2D eigenvalue weighted by atomic mass is 17.2. The van der Waals surface area contributed by atoms with Gasteiger partial charge in [0, 0.05) is 0 Å². The Morgan fingerprint density at radius 1 is 1.33 bits per heavy atom. The molecule has 1 aliphatic carbocycles. The summed E-state index contributed by atoms with van der Waals surface area (Å²) in [5.74, 6) is 0.217. The van der Waals surface area contributed by atoms with Crippen molar-refractivity contribution >= 4 is 5.97 Å². The molecule has 1 fully saturated rings. The topological polar surface area (TPSA) is 44.8 Å². The zero-order valence-corrected chi connectivity index (χ0v) is 9.91. The molecule has 1 saturated carbocycles. The van der Waals surface area contributed by atoms with Gasteiger partial charge in [0.05, 0.1) is 26.7 Å². The van der Waals surface area contributed by atoms with Gasteiger partial charge in [0.2, 0.25) is 0 Å². The van der Waals surface area contributed by atoms with Crippen molar-refractivity contribution in [1.82, 2.24) is 0 Å². The fraction of sp³-hybridized carbons (Fsp3) is 0.909. The van der Waals surface area contributed by atoms with Gasteiger partial charge in [-0.2, -0.15) is 0 Å². The van der Waals surface area contributed by atoms with Crippen LogP contribution in [0.25, 0.3) is 0 Å². The van der Waals surface area contributed by atoms with Gasteiger partial charge in [0.15, 0.2) is 0 Å². The van der Waals surface area contributed by atoms with Crippen molar-refractivity contribution in [3.63, 3.8) is 0 Å². The molecule has 1 rings (SSSR count). The summed E-state index contributed by atoms with van der Waals surface area (Å²) in [6, 6.07) is 0. The van der Waals surface area contributed by atoms with Crippen LogP contribution in [-0.2, 0) is 19.3 Å². The first-order valence-electron chi connectivity index (χ1n) is 5.27. The normalized spacial score (nSPS) is 29.1. The van der Waals surface area contributed by atoms with E-state index >= 15 is 0 Å². The predicted octanol–water partition coefficient (Wildman–Crippen LogP) is 1.79. The Kier molecular flexibility index (Phi) is 4.11. The van der Waals surface area contributed by atoms with E-state index < -0.39 is 0 Å². The van der Waals surface area contributed by atoms with Gasteiger partial charge < -0.3 is 4.74 Å². The molecule has 0 saturated heterocycles. The Morgan fingerprint density at radius 3 is 2.53 bits per heavy atom. The minimum Gasteiger partial charge on any atom is -0.469 e. The van der Waals surface area contributed by atoms with Crippen LogP contribution >= 0.6 is 0 Å². The second-order valence-electron chi connectivity index (χ2n) is 4.62. The molecule has 0 radical (unpaired) electrons. The molecule has 2 unspecified atom stereocenters. The Hall–Kier alpha value is -0.610. The van der Waals surface area contributed by atoms with Crippen molar-refractivity contribution in [2.45, 2.75) is 26.7 Å². The zero-order valence-electron chi connectivity index (χ0n) is 9.91. The van der Waals surface area contributed by atoms with E-state index in [1.54, 1.807) is 0 Å². The minimum atomic E-state index is -0.111. The molecular weight excluding hydrogens is 196 g/mol. The maximum absolute atomic E-state index is 11.6. The van der Waals surface area contributed by atoms with Crippen LogP contribution in [0.3, 0.4) is 0 Å². The van der Waals surface area contributed by atoms with Crippen molar-refractivity contribution < 1.29 is 19.3 Å². The Morgan fingerprint density at radius 2 is 2.00 bits per heavy atom. The number of carbonyl (C=O) groups excluding carboxylic acids is 1. The van der Waals surface area contributed by atoms with Crippen LogP contribution in [0.15, 0.2) is 0 Å². The average Bonchev–Trinajstić information content (AvgIpc) is 2.49. The molecule has 0 bridgehead atoms. The third-order valence-corrected chi connectivity index (χ3v) is 3.63. The highest BCUT2D eigenvalue weighted by Gasteiger charge is 2.47. The summed E-state index contributed by atoms with van der Waals surface area (Å²) in [6.45, 7) is 4.72. The third kappa shape index (κ3) is 2.49. The van der Waals surface area contributed by atoms with Crippen molar-refractivity contribution in [3.05, 3.63) is 0 Å². The number of carbonyl (C=O) groups is 1. The van der Waals surface area contributed by atoms with E-state index in [2.05, 4.69) is 18.7 Å². The molecule has 88 valence electrons. The zero-order chi connectivity index (χ0) is 11.5. The Bertz CT molecular complexity index is 225. The number of ether oxygens (including phenoxy) is 1. The number of rotatable bonds is 4. The molecule has 2 atom stereocenters. The fourth-order valence-corrected chi connectivity index (χ4v) is 2.41. The second-order valence-corrected chi connectivity index (χ2v) is 4.62.